The molecule has 0 aromatic carbocycles. The molecule has 0 aromatic heterocycles. The summed E-state index contributed by atoms with van der Waals surface area (Å²) in [6.45, 7) is 8.26. The van der Waals surface area contributed by atoms with E-state index in [9.17, 15) is 8.42 Å². The van der Waals surface area contributed by atoms with Crippen molar-refractivity contribution in [1.29, 1.82) is 0 Å². The van der Waals surface area contributed by atoms with Crippen LogP contribution < -0.4 is 5.32 Å². The largest absolute Gasteiger partial charge is 0.314 e. The molecule has 0 aromatic rings. The highest BCUT2D eigenvalue weighted by atomic mass is 32.2. The van der Waals surface area contributed by atoms with Gasteiger partial charge in [0.15, 0.2) is 0 Å². The number of nitrogens with zero attached hydrogens (tertiary/aromatic N) is 1. The lowest BCUT2D eigenvalue weighted by Crippen LogP contribution is -2.44. The Morgan fingerprint density at radius 2 is 2.12 bits per heavy atom. The maximum atomic E-state index is 11.7. The van der Waals surface area contributed by atoms with E-state index in [4.69, 9.17) is 0 Å². The molecule has 0 radical (unpaired) electrons. The molecular formula is C11H24N2O2S. The van der Waals surface area contributed by atoms with Gasteiger partial charge in [-0.05, 0) is 32.2 Å². The molecular weight excluding hydrogens is 224 g/mol. The molecule has 0 aliphatic carbocycles. The molecule has 0 amide bonds. The van der Waals surface area contributed by atoms with Crippen LogP contribution in [0.1, 0.15) is 33.6 Å². The van der Waals surface area contributed by atoms with E-state index in [1.54, 1.807) is 11.2 Å². The predicted octanol–water partition coefficient (Wildman–Crippen LogP) is 1.05. The summed E-state index contributed by atoms with van der Waals surface area (Å²) in [5.41, 5.74) is 0. The molecule has 1 aliphatic heterocycles. The van der Waals surface area contributed by atoms with Crippen LogP contribution in [0.2, 0.25) is 0 Å². The second-order valence-electron chi connectivity index (χ2n) is 4.83. The van der Waals surface area contributed by atoms with E-state index in [1.165, 1.54) is 0 Å². The SMILES string of the molecule is CCS(=O)(=O)N1CCCC(CNC(C)C)C1. The Bertz CT molecular complexity index is 301. The molecule has 96 valence electrons. The number of nitrogens with one attached hydrogen (secondary N) is 1. The molecule has 1 aliphatic rings. The average Bonchev–Trinajstić information content (AvgIpc) is 2.27. The lowest BCUT2D eigenvalue weighted by Gasteiger charge is -2.32. The fraction of sp³-hybridized carbons (Fsp3) is 1.00. The summed E-state index contributed by atoms with van der Waals surface area (Å²) >= 11 is 0. The van der Waals surface area contributed by atoms with Crippen LogP contribution in [-0.4, -0.2) is 44.2 Å². The van der Waals surface area contributed by atoms with Gasteiger partial charge in [0.2, 0.25) is 10.0 Å². The van der Waals surface area contributed by atoms with Gasteiger partial charge in [0.1, 0.15) is 0 Å². The zero-order chi connectivity index (χ0) is 12.2. The highest BCUT2D eigenvalue weighted by molar-refractivity contribution is 7.89. The van der Waals surface area contributed by atoms with Crippen LogP contribution in [0.5, 0.6) is 0 Å². The van der Waals surface area contributed by atoms with Crippen LogP contribution in [0.4, 0.5) is 0 Å². The lowest BCUT2D eigenvalue weighted by molar-refractivity contribution is 0.257. The van der Waals surface area contributed by atoms with Crippen molar-refractivity contribution >= 4 is 10.0 Å². The molecule has 0 spiro atoms. The predicted molar refractivity (Wildman–Crippen MR) is 66.9 cm³/mol. The Labute approximate surface area is 99.5 Å². The van der Waals surface area contributed by atoms with Crippen molar-refractivity contribution in [2.75, 3.05) is 25.4 Å². The zero-order valence-corrected chi connectivity index (χ0v) is 11.4. The second-order valence-corrected chi connectivity index (χ2v) is 7.09. The standard InChI is InChI=1S/C11H24N2O2S/c1-4-16(14,15)13-7-5-6-11(9-13)8-12-10(2)3/h10-12H,4-9H2,1-3H3. The Kier molecular flexibility index (Phi) is 5.21. The molecule has 1 N–H and O–H groups in total. The van der Waals surface area contributed by atoms with Gasteiger partial charge >= 0.3 is 0 Å². The minimum absolute atomic E-state index is 0.220. The average molecular weight is 248 g/mol. The van der Waals surface area contributed by atoms with Crippen LogP contribution in [-0.2, 0) is 10.0 Å². The van der Waals surface area contributed by atoms with E-state index in [-0.39, 0.29) is 5.75 Å². The molecule has 1 fully saturated rings. The van der Waals surface area contributed by atoms with Gasteiger partial charge in [-0.2, -0.15) is 0 Å². The third kappa shape index (κ3) is 4.03. The van der Waals surface area contributed by atoms with E-state index < -0.39 is 10.0 Å². The summed E-state index contributed by atoms with van der Waals surface area (Å²) in [6, 6.07) is 0.471. The number of sulfonamides is 1. The highest BCUT2D eigenvalue weighted by Crippen LogP contribution is 2.18. The molecule has 5 heteroatoms. The Morgan fingerprint density at radius 1 is 1.44 bits per heavy atom. The molecule has 0 saturated carbocycles. The van der Waals surface area contributed by atoms with E-state index in [2.05, 4.69) is 19.2 Å². The van der Waals surface area contributed by atoms with Crippen molar-refractivity contribution < 1.29 is 8.42 Å². The van der Waals surface area contributed by atoms with Crippen molar-refractivity contribution in [3.63, 3.8) is 0 Å². The lowest BCUT2D eigenvalue weighted by atomic mass is 9.99. The van der Waals surface area contributed by atoms with Gasteiger partial charge in [0, 0.05) is 19.1 Å². The Hall–Kier alpha value is -0.130. The van der Waals surface area contributed by atoms with E-state index >= 15 is 0 Å². The van der Waals surface area contributed by atoms with Gasteiger partial charge in [0.25, 0.3) is 0 Å². The van der Waals surface area contributed by atoms with Gasteiger partial charge < -0.3 is 5.32 Å². The van der Waals surface area contributed by atoms with Gasteiger partial charge in [-0.1, -0.05) is 13.8 Å². The maximum absolute atomic E-state index is 11.7. The maximum Gasteiger partial charge on any atom is 0.213 e. The van der Waals surface area contributed by atoms with Crippen LogP contribution >= 0.6 is 0 Å². The number of hydrogen-bond donors (Lipinski definition) is 1. The van der Waals surface area contributed by atoms with Crippen LogP contribution in [0.15, 0.2) is 0 Å². The van der Waals surface area contributed by atoms with Crippen molar-refractivity contribution in [3.8, 4) is 0 Å². The van der Waals surface area contributed by atoms with Crippen molar-refractivity contribution in [3.05, 3.63) is 0 Å². The zero-order valence-electron chi connectivity index (χ0n) is 10.6. The molecule has 4 nitrogen and oxygen atoms in total. The minimum Gasteiger partial charge on any atom is -0.314 e. The molecule has 1 rings (SSSR count). The second kappa shape index (κ2) is 5.98. The Morgan fingerprint density at radius 3 is 2.69 bits per heavy atom. The number of rotatable bonds is 5. The molecule has 1 heterocycles. The summed E-state index contributed by atoms with van der Waals surface area (Å²) in [5, 5.41) is 3.38. The third-order valence-corrected chi connectivity index (χ3v) is 4.90. The van der Waals surface area contributed by atoms with Crippen LogP contribution in [0, 0.1) is 5.92 Å². The minimum atomic E-state index is -2.99. The number of hydrogen-bond acceptors (Lipinski definition) is 3. The topological polar surface area (TPSA) is 49.4 Å². The smallest absolute Gasteiger partial charge is 0.213 e. The van der Waals surface area contributed by atoms with E-state index in [1.807, 2.05) is 0 Å². The quantitative estimate of drug-likeness (QED) is 0.791. The molecule has 1 unspecified atom stereocenters. The van der Waals surface area contributed by atoms with Crippen LogP contribution in [0.3, 0.4) is 0 Å². The monoisotopic (exact) mass is 248 g/mol. The molecule has 0 bridgehead atoms. The first kappa shape index (κ1) is 13.9. The first-order chi connectivity index (χ1) is 7.45. The van der Waals surface area contributed by atoms with Crippen molar-refractivity contribution in [2.45, 2.75) is 39.7 Å². The third-order valence-electron chi connectivity index (χ3n) is 3.05. The molecule has 1 saturated heterocycles. The van der Waals surface area contributed by atoms with Gasteiger partial charge in [0.05, 0.1) is 5.75 Å². The molecule has 1 atom stereocenters. The molecule has 16 heavy (non-hydrogen) atoms. The van der Waals surface area contributed by atoms with E-state index in [0.29, 0.717) is 25.0 Å². The normalized spacial score (nSPS) is 23.9. The van der Waals surface area contributed by atoms with Gasteiger partial charge in [-0.3, -0.25) is 0 Å². The van der Waals surface area contributed by atoms with Gasteiger partial charge in [-0.15, -0.1) is 0 Å². The number of piperidine rings is 1. The summed E-state index contributed by atoms with van der Waals surface area (Å²) in [7, 11) is -2.99. The summed E-state index contributed by atoms with van der Waals surface area (Å²) in [6.07, 6.45) is 2.12. The van der Waals surface area contributed by atoms with Crippen molar-refractivity contribution in [1.82, 2.24) is 9.62 Å². The van der Waals surface area contributed by atoms with Gasteiger partial charge in [-0.25, -0.2) is 12.7 Å². The first-order valence-corrected chi connectivity index (χ1v) is 7.77. The summed E-state index contributed by atoms with van der Waals surface area (Å²) in [4.78, 5) is 0. The fourth-order valence-corrected chi connectivity index (χ4v) is 3.24. The highest BCUT2D eigenvalue weighted by Gasteiger charge is 2.27. The Balaban J connectivity index is 2.47. The first-order valence-electron chi connectivity index (χ1n) is 6.17. The summed E-state index contributed by atoms with van der Waals surface area (Å²) < 4.78 is 25.1. The fourth-order valence-electron chi connectivity index (χ4n) is 2.03. The van der Waals surface area contributed by atoms with Crippen LogP contribution in [0.25, 0.3) is 0 Å². The summed E-state index contributed by atoms with van der Waals surface area (Å²) in [5.74, 6) is 0.689. The van der Waals surface area contributed by atoms with Crippen molar-refractivity contribution in [2.24, 2.45) is 5.92 Å². The van der Waals surface area contributed by atoms with E-state index in [0.717, 1.165) is 19.4 Å².